The topological polar surface area (TPSA) is 80.8 Å². The number of aromatic nitrogens is 1. The van der Waals surface area contributed by atoms with Crippen LogP contribution in [0.25, 0.3) is 0 Å². The molecule has 1 heterocycles. The van der Waals surface area contributed by atoms with Crippen LogP contribution in [-0.4, -0.2) is 41.0 Å². The Balaban J connectivity index is 2.34. The lowest BCUT2D eigenvalue weighted by molar-refractivity contribution is -0.137. The van der Waals surface area contributed by atoms with Gasteiger partial charge < -0.3 is 14.8 Å². The molecule has 0 saturated carbocycles. The molecular weight excluding hydrogens is 551 g/mol. The Kier molecular flexibility index (Phi) is 9.21. The molecule has 2 amide bonds. The van der Waals surface area contributed by atoms with Gasteiger partial charge in [0.15, 0.2) is 5.13 Å². The molecule has 0 aliphatic carbocycles. The highest BCUT2D eigenvalue weighted by molar-refractivity contribution is 9.11. The molecular formula is C23H29BrF3N3O4S. The van der Waals surface area contributed by atoms with Crippen LogP contribution < -0.4 is 10.2 Å². The van der Waals surface area contributed by atoms with E-state index >= 15 is 0 Å². The monoisotopic (exact) mass is 579 g/mol. The SMILES string of the molecule is CC(C)(C)OC(=O)N[C@@H](Cc1ccc(C(F)(F)F)cc1)CN(C(=O)OC(C)(C)C)c1ncc(Br)s1. The molecule has 1 aromatic heterocycles. The summed E-state index contributed by atoms with van der Waals surface area (Å²) in [5.74, 6) is 0. The highest BCUT2D eigenvalue weighted by Crippen LogP contribution is 2.30. The first-order valence-corrected chi connectivity index (χ1v) is 12.3. The fourth-order valence-electron chi connectivity index (χ4n) is 2.89. The van der Waals surface area contributed by atoms with Gasteiger partial charge in [-0.15, -0.1) is 0 Å². The summed E-state index contributed by atoms with van der Waals surface area (Å²) in [4.78, 5) is 31.1. The first-order chi connectivity index (χ1) is 15.9. The average molecular weight is 580 g/mol. The van der Waals surface area contributed by atoms with Crippen LogP contribution in [0.3, 0.4) is 0 Å². The number of rotatable bonds is 6. The molecule has 0 radical (unpaired) electrons. The van der Waals surface area contributed by atoms with Crippen molar-refractivity contribution < 1.29 is 32.2 Å². The van der Waals surface area contributed by atoms with Gasteiger partial charge in [-0.3, -0.25) is 4.90 Å². The summed E-state index contributed by atoms with van der Waals surface area (Å²) in [6.07, 6.45) is -4.20. The normalized spacial score (nSPS) is 13.2. The van der Waals surface area contributed by atoms with Gasteiger partial charge in [-0.05, 0) is 81.6 Å². The summed E-state index contributed by atoms with van der Waals surface area (Å²) in [6, 6.07) is 3.90. The van der Waals surface area contributed by atoms with E-state index in [1.807, 2.05) is 0 Å². The Labute approximate surface area is 215 Å². The van der Waals surface area contributed by atoms with Gasteiger partial charge in [0.1, 0.15) is 11.2 Å². The molecule has 1 aromatic carbocycles. The van der Waals surface area contributed by atoms with E-state index in [-0.39, 0.29) is 13.0 Å². The molecule has 2 rings (SSSR count). The van der Waals surface area contributed by atoms with Gasteiger partial charge in [0.05, 0.1) is 28.1 Å². The first-order valence-electron chi connectivity index (χ1n) is 10.7. The highest BCUT2D eigenvalue weighted by Gasteiger charge is 2.31. The van der Waals surface area contributed by atoms with Crippen molar-refractivity contribution >= 4 is 44.6 Å². The smallest absolute Gasteiger partial charge is 0.416 e. The predicted molar refractivity (Wildman–Crippen MR) is 132 cm³/mol. The number of amides is 2. The van der Waals surface area contributed by atoms with Gasteiger partial charge >= 0.3 is 18.4 Å². The van der Waals surface area contributed by atoms with Gasteiger partial charge in [0, 0.05) is 0 Å². The molecule has 0 aliphatic heterocycles. The van der Waals surface area contributed by atoms with Crippen molar-refractivity contribution in [2.45, 2.75) is 71.4 Å². The average Bonchev–Trinajstić information content (AvgIpc) is 3.08. The number of benzene rings is 1. The number of alkyl halides is 3. The molecule has 1 N–H and O–H groups in total. The molecule has 0 spiro atoms. The summed E-state index contributed by atoms with van der Waals surface area (Å²) < 4.78 is 50.4. The summed E-state index contributed by atoms with van der Waals surface area (Å²) in [6.45, 7) is 10.2. The van der Waals surface area contributed by atoms with E-state index in [1.54, 1.807) is 41.5 Å². The number of thiazole rings is 1. The summed E-state index contributed by atoms with van der Waals surface area (Å²) >= 11 is 4.52. The van der Waals surface area contributed by atoms with E-state index in [4.69, 9.17) is 9.47 Å². The van der Waals surface area contributed by atoms with Crippen molar-refractivity contribution in [3.8, 4) is 0 Å². The largest absolute Gasteiger partial charge is 0.444 e. The Morgan fingerprint density at radius 2 is 1.63 bits per heavy atom. The Morgan fingerprint density at radius 3 is 2.09 bits per heavy atom. The van der Waals surface area contributed by atoms with Crippen LogP contribution in [0.2, 0.25) is 0 Å². The lowest BCUT2D eigenvalue weighted by Gasteiger charge is -2.30. The molecule has 0 unspecified atom stereocenters. The second kappa shape index (κ2) is 11.2. The van der Waals surface area contributed by atoms with E-state index in [1.165, 1.54) is 34.6 Å². The van der Waals surface area contributed by atoms with Gasteiger partial charge in [-0.1, -0.05) is 23.5 Å². The van der Waals surface area contributed by atoms with Crippen molar-refractivity contribution in [1.82, 2.24) is 10.3 Å². The molecule has 12 heteroatoms. The van der Waals surface area contributed by atoms with Crippen molar-refractivity contribution in [3.05, 3.63) is 45.4 Å². The van der Waals surface area contributed by atoms with Crippen LogP contribution in [0.5, 0.6) is 0 Å². The van der Waals surface area contributed by atoms with Gasteiger partial charge in [-0.2, -0.15) is 13.2 Å². The zero-order valence-electron chi connectivity index (χ0n) is 20.3. The molecule has 7 nitrogen and oxygen atoms in total. The molecule has 0 saturated heterocycles. The van der Waals surface area contributed by atoms with Gasteiger partial charge in [-0.25, -0.2) is 14.6 Å². The van der Waals surface area contributed by atoms with Crippen molar-refractivity contribution in [3.63, 3.8) is 0 Å². The van der Waals surface area contributed by atoms with E-state index in [9.17, 15) is 22.8 Å². The third-order valence-electron chi connectivity index (χ3n) is 4.20. The second-order valence-corrected chi connectivity index (χ2v) is 12.2. The number of hydrogen-bond acceptors (Lipinski definition) is 6. The fourth-order valence-corrected chi connectivity index (χ4v) is 4.07. The maximum absolute atomic E-state index is 13.0. The number of halogens is 4. The first kappa shape index (κ1) is 28.9. The van der Waals surface area contributed by atoms with Crippen LogP contribution in [0.1, 0.15) is 52.7 Å². The summed E-state index contributed by atoms with van der Waals surface area (Å²) in [5.41, 5.74) is -1.80. The van der Waals surface area contributed by atoms with Crippen LogP contribution >= 0.6 is 27.3 Å². The maximum Gasteiger partial charge on any atom is 0.416 e. The molecule has 2 aromatic rings. The van der Waals surface area contributed by atoms with Crippen molar-refractivity contribution in [1.29, 1.82) is 0 Å². The van der Waals surface area contributed by atoms with E-state index in [0.29, 0.717) is 14.5 Å². The maximum atomic E-state index is 13.0. The lowest BCUT2D eigenvalue weighted by atomic mass is 10.0. The predicted octanol–water partition coefficient (Wildman–Crippen LogP) is 6.80. The fraction of sp³-hybridized carbons (Fsp3) is 0.522. The highest BCUT2D eigenvalue weighted by atomic mass is 79.9. The minimum absolute atomic E-state index is 0.0604. The number of alkyl carbamates (subject to hydrolysis) is 1. The molecule has 0 bridgehead atoms. The summed E-state index contributed by atoms with van der Waals surface area (Å²) in [5, 5.41) is 3.05. The zero-order valence-corrected chi connectivity index (χ0v) is 22.7. The van der Waals surface area contributed by atoms with Gasteiger partial charge in [0.2, 0.25) is 0 Å². The van der Waals surface area contributed by atoms with E-state index in [2.05, 4.69) is 26.2 Å². The third-order valence-corrected chi connectivity index (χ3v) is 5.70. The summed E-state index contributed by atoms with van der Waals surface area (Å²) in [7, 11) is 0. The zero-order chi connectivity index (χ0) is 26.6. The lowest BCUT2D eigenvalue weighted by Crippen LogP contribution is -2.49. The number of hydrogen-bond donors (Lipinski definition) is 1. The second-order valence-electron chi connectivity index (χ2n) is 9.78. The minimum Gasteiger partial charge on any atom is -0.444 e. The van der Waals surface area contributed by atoms with Crippen LogP contribution in [0, 0.1) is 0 Å². The number of anilines is 1. The number of ether oxygens (including phenoxy) is 2. The van der Waals surface area contributed by atoms with Gasteiger partial charge in [0.25, 0.3) is 0 Å². The Bertz CT molecular complexity index is 1010. The molecule has 194 valence electrons. The van der Waals surface area contributed by atoms with Crippen LogP contribution in [0.4, 0.5) is 27.9 Å². The van der Waals surface area contributed by atoms with Crippen LogP contribution in [0.15, 0.2) is 34.2 Å². The minimum atomic E-state index is -4.46. The quantitative estimate of drug-likeness (QED) is 0.407. The standard InChI is InChI=1S/C23H29BrF3N3O4S/c1-21(2,3)33-19(31)29-16(11-14-7-9-15(10-8-14)23(25,26)27)13-30(18-28-12-17(24)35-18)20(32)34-22(4,5)6/h7-10,12,16H,11,13H2,1-6H3,(H,29,31)/t16-/m0/s1. The van der Waals surface area contributed by atoms with Crippen molar-refractivity contribution in [2.75, 3.05) is 11.4 Å². The van der Waals surface area contributed by atoms with E-state index in [0.717, 1.165) is 12.1 Å². The number of nitrogens with zero attached hydrogens (tertiary/aromatic N) is 2. The molecule has 0 fully saturated rings. The number of carbonyl (C=O) groups excluding carboxylic acids is 2. The molecule has 1 atom stereocenters. The molecule has 0 aliphatic rings. The van der Waals surface area contributed by atoms with Crippen LogP contribution in [-0.2, 0) is 22.1 Å². The third kappa shape index (κ3) is 10.0. The van der Waals surface area contributed by atoms with E-state index < -0.39 is 41.2 Å². The van der Waals surface area contributed by atoms with Crippen molar-refractivity contribution in [2.24, 2.45) is 0 Å². The Hall–Kier alpha value is -2.34. The molecule has 35 heavy (non-hydrogen) atoms. The Morgan fingerprint density at radius 1 is 1.06 bits per heavy atom. The number of carbonyl (C=O) groups is 2. The number of nitrogens with one attached hydrogen (secondary N) is 1.